The summed E-state index contributed by atoms with van der Waals surface area (Å²) in [5, 5.41) is 7.11. The van der Waals surface area contributed by atoms with Gasteiger partial charge in [-0.1, -0.05) is 18.2 Å². The zero-order valence-electron chi connectivity index (χ0n) is 15.2. The first-order chi connectivity index (χ1) is 13.8. The molecule has 1 N–H and O–H groups in total. The van der Waals surface area contributed by atoms with Crippen LogP contribution in [0.5, 0.6) is 0 Å². The monoisotopic (exact) mass is 389 g/mol. The molecule has 0 saturated carbocycles. The van der Waals surface area contributed by atoms with Crippen molar-refractivity contribution < 1.29 is 4.79 Å². The third-order valence-electron chi connectivity index (χ3n) is 4.99. The number of nitrogens with one attached hydrogen (secondary N) is 1. The number of carbonyl (C=O) groups is 1. The van der Waals surface area contributed by atoms with Crippen LogP contribution in [0, 0.1) is 0 Å². The highest BCUT2D eigenvalue weighted by atomic mass is 32.2. The zero-order valence-corrected chi connectivity index (χ0v) is 16.0. The fourth-order valence-corrected chi connectivity index (χ4v) is 4.47. The molecule has 0 fully saturated rings. The molecule has 4 aromatic rings. The Kier molecular flexibility index (Phi) is 4.37. The lowest BCUT2D eigenvalue weighted by atomic mass is 10.1. The van der Waals surface area contributed by atoms with Gasteiger partial charge in [-0.2, -0.15) is 5.10 Å². The minimum Gasteiger partial charge on any atom is -0.334 e. The minimum absolute atomic E-state index is 0.0740. The number of fused-ring (bicyclic) bond motifs is 2. The van der Waals surface area contributed by atoms with E-state index < -0.39 is 0 Å². The zero-order chi connectivity index (χ0) is 18.9. The van der Waals surface area contributed by atoms with E-state index in [4.69, 9.17) is 0 Å². The molecule has 0 aliphatic carbocycles. The van der Waals surface area contributed by atoms with Crippen molar-refractivity contribution in [3.8, 4) is 0 Å². The Balaban J connectivity index is 1.34. The summed E-state index contributed by atoms with van der Waals surface area (Å²) in [6.07, 6.45) is 6.67. The van der Waals surface area contributed by atoms with Crippen LogP contribution in [0.1, 0.15) is 27.3 Å². The first-order valence-corrected chi connectivity index (χ1v) is 10.2. The van der Waals surface area contributed by atoms with Crippen LogP contribution < -0.4 is 0 Å². The van der Waals surface area contributed by atoms with Crippen molar-refractivity contribution in [2.75, 3.05) is 6.54 Å². The van der Waals surface area contributed by atoms with Crippen LogP contribution in [0.15, 0.2) is 66.0 Å². The Labute approximate surface area is 166 Å². The highest BCUT2D eigenvalue weighted by Crippen LogP contribution is 2.28. The number of H-pyrrole nitrogens is 1. The number of pyridine rings is 1. The molecule has 0 spiro atoms. The number of aromatic amines is 1. The van der Waals surface area contributed by atoms with Gasteiger partial charge in [0.1, 0.15) is 5.65 Å². The summed E-state index contributed by atoms with van der Waals surface area (Å²) in [6, 6.07) is 13.8. The molecule has 0 bridgehead atoms. The molecule has 28 heavy (non-hydrogen) atoms. The Morgan fingerprint density at radius 1 is 1.18 bits per heavy atom. The van der Waals surface area contributed by atoms with Crippen molar-refractivity contribution in [2.45, 2.75) is 23.6 Å². The van der Waals surface area contributed by atoms with E-state index in [1.807, 2.05) is 70.4 Å². The van der Waals surface area contributed by atoms with Gasteiger partial charge in [0.05, 0.1) is 17.5 Å². The van der Waals surface area contributed by atoms with Crippen LogP contribution in [0.25, 0.3) is 5.65 Å². The first-order valence-electron chi connectivity index (χ1n) is 9.23. The maximum absolute atomic E-state index is 13.2. The number of thioether (sulfide) groups is 1. The van der Waals surface area contributed by atoms with E-state index in [1.165, 1.54) is 0 Å². The van der Waals surface area contributed by atoms with Gasteiger partial charge in [0.2, 0.25) is 0 Å². The van der Waals surface area contributed by atoms with Crippen molar-refractivity contribution in [2.24, 2.45) is 0 Å². The molecule has 0 atom stereocenters. The van der Waals surface area contributed by atoms with Crippen LogP contribution in [-0.2, 0) is 18.7 Å². The quantitative estimate of drug-likeness (QED) is 0.542. The molecular weight excluding hydrogens is 370 g/mol. The third kappa shape index (κ3) is 3.18. The molecular formula is C21H19N5OS. The lowest BCUT2D eigenvalue weighted by Crippen LogP contribution is -2.36. The summed E-state index contributed by atoms with van der Waals surface area (Å²) in [5.74, 6) is 0.794. The molecule has 0 saturated heterocycles. The number of benzene rings is 1. The standard InChI is InChI=1S/C21H19N5OS/c27-21(26-10-8-18-15(12-26)11-22-24-18)17-5-1-2-6-19(17)28-14-16-13-25-9-4-3-7-20(25)23-16/h1-7,9,11,13H,8,10,12,14H2,(H,22,24). The summed E-state index contributed by atoms with van der Waals surface area (Å²) in [6.45, 7) is 1.32. The van der Waals surface area contributed by atoms with Gasteiger partial charge in [-0.05, 0) is 24.3 Å². The van der Waals surface area contributed by atoms with Crippen molar-refractivity contribution in [1.82, 2.24) is 24.5 Å². The van der Waals surface area contributed by atoms with E-state index in [1.54, 1.807) is 11.8 Å². The van der Waals surface area contributed by atoms with Gasteiger partial charge in [-0.25, -0.2) is 4.98 Å². The summed E-state index contributed by atoms with van der Waals surface area (Å²) in [4.78, 5) is 20.7. The molecule has 1 aliphatic rings. The van der Waals surface area contributed by atoms with Gasteiger partial charge in [0.25, 0.3) is 5.91 Å². The van der Waals surface area contributed by atoms with E-state index >= 15 is 0 Å². The summed E-state index contributed by atoms with van der Waals surface area (Å²) in [5.41, 5.74) is 4.93. The predicted octanol–water partition coefficient (Wildman–Crippen LogP) is 3.55. The summed E-state index contributed by atoms with van der Waals surface area (Å²) in [7, 11) is 0. The Morgan fingerprint density at radius 2 is 2.07 bits per heavy atom. The van der Waals surface area contributed by atoms with Gasteiger partial charge < -0.3 is 9.30 Å². The number of nitrogens with zero attached hydrogens (tertiary/aromatic N) is 4. The third-order valence-corrected chi connectivity index (χ3v) is 6.10. The van der Waals surface area contributed by atoms with E-state index in [2.05, 4.69) is 15.2 Å². The fraction of sp³-hybridized carbons (Fsp3) is 0.190. The van der Waals surface area contributed by atoms with Crippen LogP contribution in [0.2, 0.25) is 0 Å². The number of aromatic nitrogens is 4. The van der Waals surface area contributed by atoms with Crippen molar-refractivity contribution in [3.63, 3.8) is 0 Å². The van der Waals surface area contributed by atoms with Gasteiger partial charge >= 0.3 is 0 Å². The fourth-order valence-electron chi connectivity index (χ4n) is 3.54. The first kappa shape index (κ1) is 17.1. The predicted molar refractivity (Wildman–Crippen MR) is 108 cm³/mol. The lowest BCUT2D eigenvalue weighted by molar-refractivity contribution is 0.0731. The van der Waals surface area contributed by atoms with Gasteiger partial charge in [0, 0.05) is 53.8 Å². The molecule has 1 aliphatic heterocycles. The number of rotatable bonds is 4. The molecule has 1 amide bonds. The van der Waals surface area contributed by atoms with Crippen LogP contribution in [-0.4, -0.2) is 36.9 Å². The molecule has 0 radical (unpaired) electrons. The second-order valence-electron chi connectivity index (χ2n) is 6.83. The Hall–Kier alpha value is -3.06. The number of carbonyl (C=O) groups excluding carboxylic acids is 1. The van der Waals surface area contributed by atoms with Crippen LogP contribution >= 0.6 is 11.8 Å². The van der Waals surface area contributed by atoms with Crippen LogP contribution in [0.3, 0.4) is 0 Å². The molecule has 6 nitrogen and oxygen atoms in total. The molecule has 7 heteroatoms. The van der Waals surface area contributed by atoms with Crippen molar-refractivity contribution in [3.05, 3.63) is 83.6 Å². The maximum atomic E-state index is 13.2. The number of amides is 1. The minimum atomic E-state index is 0.0740. The lowest BCUT2D eigenvalue weighted by Gasteiger charge is -2.27. The highest BCUT2D eigenvalue weighted by molar-refractivity contribution is 7.98. The van der Waals surface area contributed by atoms with Gasteiger partial charge in [0.15, 0.2) is 0 Å². The second-order valence-corrected chi connectivity index (χ2v) is 7.85. The average molecular weight is 389 g/mol. The number of hydrogen-bond acceptors (Lipinski definition) is 4. The topological polar surface area (TPSA) is 66.3 Å². The molecule has 3 aromatic heterocycles. The van der Waals surface area contributed by atoms with E-state index in [-0.39, 0.29) is 5.91 Å². The maximum Gasteiger partial charge on any atom is 0.255 e. The molecule has 140 valence electrons. The van der Waals surface area contributed by atoms with Crippen LogP contribution in [0.4, 0.5) is 0 Å². The van der Waals surface area contributed by atoms with Gasteiger partial charge in [-0.15, -0.1) is 11.8 Å². The van der Waals surface area contributed by atoms with Crippen molar-refractivity contribution in [1.29, 1.82) is 0 Å². The average Bonchev–Trinajstić information content (AvgIpc) is 3.37. The summed E-state index contributed by atoms with van der Waals surface area (Å²) >= 11 is 1.65. The largest absolute Gasteiger partial charge is 0.334 e. The number of hydrogen-bond donors (Lipinski definition) is 1. The smallest absolute Gasteiger partial charge is 0.255 e. The van der Waals surface area contributed by atoms with E-state index in [0.717, 1.165) is 45.2 Å². The highest BCUT2D eigenvalue weighted by Gasteiger charge is 2.24. The Morgan fingerprint density at radius 3 is 3.00 bits per heavy atom. The van der Waals surface area contributed by atoms with Crippen molar-refractivity contribution >= 4 is 23.3 Å². The van der Waals surface area contributed by atoms with E-state index in [9.17, 15) is 4.79 Å². The Bertz CT molecular complexity index is 1120. The van der Waals surface area contributed by atoms with E-state index in [0.29, 0.717) is 13.1 Å². The summed E-state index contributed by atoms with van der Waals surface area (Å²) < 4.78 is 2.02. The van der Waals surface area contributed by atoms with Gasteiger partial charge in [-0.3, -0.25) is 9.89 Å². The molecule has 1 aromatic carbocycles. The second kappa shape index (κ2) is 7.16. The SMILES string of the molecule is O=C(c1ccccc1SCc1cn2ccccc2n1)N1CCc2[nH]ncc2C1. The molecule has 0 unspecified atom stereocenters. The molecule has 5 rings (SSSR count). The number of imidazole rings is 1. The molecule has 4 heterocycles. The normalized spacial score (nSPS) is 13.6.